The van der Waals surface area contributed by atoms with Crippen LogP contribution >= 0.6 is 18.9 Å². The molecule has 0 aliphatic rings. The van der Waals surface area contributed by atoms with Crippen LogP contribution in [0.2, 0.25) is 79.7 Å². The van der Waals surface area contributed by atoms with Crippen molar-refractivity contribution in [2.45, 2.75) is 218 Å². The molecule has 0 amide bonds. The normalized spacial score (nSPS) is 8.09. The van der Waals surface area contributed by atoms with Crippen LogP contribution < -0.4 is 0 Å². The fourth-order valence-corrected chi connectivity index (χ4v) is 0. The number of azo groups is 1. The number of hydrogen-bond donors (Lipinski definition) is 0. The smallest absolute Gasteiger partial charge is 0.144 e. The van der Waals surface area contributed by atoms with Gasteiger partial charge >= 0.3 is 118 Å². The molecule has 14 nitrogen and oxygen atoms in total. The molecule has 520 valence electrons. The van der Waals surface area contributed by atoms with Gasteiger partial charge in [0.2, 0.25) is 0 Å². The van der Waals surface area contributed by atoms with Crippen molar-refractivity contribution in [1.29, 1.82) is 0 Å². The van der Waals surface area contributed by atoms with E-state index in [1.807, 2.05) is 95.4 Å². The van der Waals surface area contributed by atoms with Crippen LogP contribution in [0.5, 0.6) is 0 Å². The summed E-state index contributed by atoms with van der Waals surface area (Å²) >= 11 is 1.75. The summed E-state index contributed by atoms with van der Waals surface area (Å²) in [7, 11) is 14.8. The molecule has 0 fully saturated rings. The van der Waals surface area contributed by atoms with Crippen molar-refractivity contribution in [3.63, 3.8) is 0 Å². The zero-order valence-corrected chi connectivity index (χ0v) is 73.9. The number of methoxy groups -OCH3 is 1. The van der Waals surface area contributed by atoms with E-state index in [0.29, 0.717) is 5.41 Å². The summed E-state index contributed by atoms with van der Waals surface area (Å²) < 4.78 is 51.3. The van der Waals surface area contributed by atoms with Gasteiger partial charge in [-0.15, -0.1) is 11.8 Å². The SMILES string of the molecule is CB=C(C)C.CB=C(C)C.CB=NC.CB=NC.CC#CC.CC(C)(C)C.CC(C)=C(C)C.CC(C)=O.CN=C(C)C.CN=C(C)C.CN=NC.CN=[Si](C)C.CN=[Si](C)C.COC.CP(C)(C)=O.CS(C)(=O)=O.CS(C)=O.CSC.C[Si](C)(C)C. The van der Waals surface area contributed by atoms with Crippen LogP contribution in [0.4, 0.5) is 0 Å². The number of nitrogens with zero attached hydrogens (tertiary/aromatic N) is 8. The molecule has 0 saturated heterocycles. The van der Waals surface area contributed by atoms with Crippen molar-refractivity contribution in [2.24, 2.45) is 44.7 Å². The van der Waals surface area contributed by atoms with Crippen LogP contribution in [-0.2, 0) is 34.7 Å². The molecule has 0 radical (unpaired) electrons. The third-order valence-electron chi connectivity index (χ3n) is 4.91. The van der Waals surface area contributed by atoms with Crippen molar-refractivity contribution < 1.29 is 26.7 Å². The number of rotatable bonds is 0. The number of Topliss-reactive ketones (excluding diaryl/α,β-unsaturated/α-hetero) is 1. The zero-order valence-electron chi connectivity index (χ0n) is 67.5. The Hall–Kier alpha value is -1.60. The molecule has 25 heteroatoms. The van der Waals surface area contributed by atoms with E-state index in [9.17, 15) is 22.0 Å². The Bertz CT molecular complexity index is 1620. The summed E-state index contributed by atoms with van der Waals surface area (Å²) in [6.07, 6.45) is 9.68. The Morgan fingerprint density at radius 3 is 0.651 bits per heavy atom. The van der Waals surface area contributed by atoms with E-state index in [0.717, 1.165) is 23.9 Å². The molecule has 0 aromatic rings. The first-order valence-electron chi connectivity index (χ1n) is 28.1. The second kappa shape index (κ2) is 121. The van der Waals surface area contributed by atoms with Crippen LogP contribution in [0.15, 0.2) is 50.4 Å². The minimum absolute atomic E-state index is 0.167. The number of carbonyl (C=O) groups is 1. The Balaban J connectivity index is -0.0000000325. The van der Waals surface area contributed by atoms with Crippen LogP contribution in [0.1, 0.15) is 138 Å². The fourth-order valence-electron chi connectivity index (χ4n) is 0. The average molecular weight is 1350 g/mol. The average Bonchev–Trinajstić information content (AvgIpc) is 3.33. The molecular formula is C61H153B4N8O6PS3Si3. The van der Waals surface area contributed by atoms with E-state index in [1.165, 1.54) is 35.9 Å². The van der Waals surface area contributed by atoms with E-state index in [2.05, 4.69) is 205 Å². The van der Waals surface area contributed by atoms with Gasteiger partial charge in [-0.25, -0.2) is 8.42 Å². The van der Waals surface area contributed by atoms with Gasteiger partial charge < -0.3 is 23.4 Å². The number of hydrogen-bond acceptors (Lipinski definition) is 15. The van der Waals surface area contributed by atoms with Gasteiger partial charge in [0.25, 0.3) is 0 Å². The summed E-state index contributed by atoms with van der Waals surface area (Å²) in [4.78, 5) is 24.3. The second-order valence-electron chi connectivity index (χ2n) is 22.8. The minimum atomic E-state index is -2.67. The van der Waals surface area contributed by atoms with Gasteiger partial charge in [-0.1, -0.05) is 65.0 Å². The van der Waals surface area contributed by atoms with Crippen molar-refractivity contribution in [2.75, 3.05) is 128 Å². The number of aliphatic imine (C=N–C) groups is 2. The van der Waals surface area contributed by atoms with E-state index < -0.39 is 35.9 Å². The number of ketones is 1. The minimum Gasteiger partial charge on any atom is -0.388 e. The molecule has 0 heterocycles. The monoisotopic (exact) mass is 1350 g/mol. The zero-order chi connectivity index (χ0) is 75.1. The number of thioether (sulfide) groups is 1. The third-order valence-corrected chi connectivity index (χ3v) is 6.70. The molecule has 0 aliphatic heterocycles. The van der Waals surface area contributed by atoms with Crippen LogP contribution in [0.3, 0.4) is 0 Å². The topological polar surface area (TPSA) is 193 Å². The van der Waals surface area contributed by atoms with Gasteiger partial charge in [0.15, 0.2) is 0 Å². The molecule has 0 atom stereocenters. The predicted octanol–water partition coefficient (Wildman–Crippen LogP) is 18.3. The molecular weight excluding hydrogens is 1200 g/mol. The first-order valence-corrected chi connectivity index (χ1v) is 45.9. The largest absolute Gasteiger partial charge is 0.388 e. The number of allylic oxidation sites excluding steroid dienone is 2. The van der Waals surface area contributed by atoms with Crippen molar-refractivity contribution >= 4 is 121 Å². The Morgan fingerprint density at radius 2 is 0.651 bits per heavy atom. The predicted molar refractivity (Wildman–Crippen MR) is 432 cm³/mol. The quantitative estimate of drug-likeness (QED) is 0.0575. The third kappa shape index (κ3) is 1610. The maximum atomic E-state index is 10.2. The van der Waals surface area contributed by atoms with Crippen molar-refractivity contribution in [3.8, 4) is 11.8 Å². The Kier molecular flexibility index (Phi) is 193. The molecule has 0 unspecified atom stereocenters. The van der Waals surface area contributed by atoms with Crippen LogP contribution in [-0.4, -0.2) is 222 Å². The molecule has 0 aromatic heterocycles. The number of ether oxygens (including phenoxy) is 1. The van der Waals surface area contributed by atoms with Gasteiger partial charge in [-0.3, -0.25) is 14.2 Å². The maximum Gasteiger partial charge on any atom is 0.144 e. The maximum absolute atomic E-state index is 10.2. The van der Waals surface area contributed by atoms with E-state index in [-0.39, 0.29) is 23.0 Å². The van der Waals surface area contributed by atoms with E-state index >= 15 is 0 Å². The molecule has 0 saturated carbocycles. The van der Waals surface area contributed by atoms with Gasteiger partial charge in [0.1, 0.15) is 32.8 Å². The standard InChI is InChI=1S/C6H12.C5H12.2C4H9B.2C4H9N.C4H12Si.C4H6.2C3H9NSi.C3H9OP.C3H6O.2C2H6BN.C2H6N2.C2H6O2S.C2H6OS.C2H6O.C2H6S/c1-5(2)6(3)4;1-5(2,3)4;4*1-4(2)5-3;1-5(2,3)4;1-3-4-2;2*1-4-5(2)3;1-5(2,3)4;1-3(2)4;3*1-3-4-2;1-5(2,3)4;1-4(2)3;2*1-3-2/h1-4H3;1-4H3;4*1-3H3;1-4H3;1-2H3;3*1-3H3;4*1-2H3;1-2H3;1-2H3;2*1-2H3. The molecule has 86 heavy (non-hydrogen) atoms. The summed E-state index contributed by atoms with van der Waals surface area (Å²) in [5.74, 6) is 5.53. The fraction of sp³-hybridized carbons (Fsp3) is 0.852. The summed E-state index contributed by atoms with van der Waals surface area (Å²) in [5, 5.41) is 6.72. The van der Waals surface area contributed by atoms with Gasteiger partial charge in [-0.05, 0) is 147 Å². The summed E-state index contributed by atoms with van der Waals surface area (Å²) in [5.41, 5.74) is 8.37. The van der Waals surface area contributed by atoms with Gasteiger partial charge in [-0.2, -0.15) is 22.0 Å². The number of carbonyl (C=O) groups excluding carboxylic acids is 1. The van der Waals surface area contributed by atoms with E-state index in [1.54, 1.807) is 115 Å². The summed E-state index contributed by atoms with van der Waals surface area (Å²) in [6.45, 7) is 75.3. The Labute approximate surface area is 557 Å². The van der Waals surface area contributed by atoms with Gasteiger partial charge in [0.05, 0.1) is 7.14 Å². The van der Waals surface area contributed by atoms with Crippen molar-refractivity contribution in [3.05, 3.63) is 11.1 Å². The van der Waals surface area contributed by atoms with E-state index in [4.69, 9.17) is 0 Å². The number of sulfone groups is 1. The van der Waals surface area contributed by atoms with Crippen molar-refractivity contribution in [1.82, 2.24) is 0 Å². The van der Waals surface area contributed by atoms with Crippen LogP contribution in [0.25, 0.3) is 0 Å². The first kappa shape index (κ1) is 137. The molecule has 0 spiro atoms. The molecule has 0 bridgehead atoms. The molecule has 0 aromatic carbocycles. The first-order chi connectivity index (χ1) is 38.2. The molecule has 0 N–H and O–H groups in total. The Morgan fingerprint density at radius 1 is 0.570 bits per heavy atom. The molecule has 0 rings (SSSR count). The summed E-state index contributed by atoms with van der Waals surface area (Å²) in [6, 6.07) is 0. The van der Waals surface area contributed by atoms with Gasteiger partial charge in [0, 0.05) is 112 Å². The second-order valence-corrected chi connectivity index (χ2v) is 41.9. The molecule has 0 aliphatic carbocycles. The van der Waals surface area contributed by atoms with Crippen LogP contribution in [0, 0.1) is 17.3 Å².